The second-order valence-corrected chi connectivity index (χ2v) is 4.38. The van der Waals surface area contributed by atoms with Crippen LogP contribution in [0.4, 0.5) is 0 Å². The first-order chi connectivity index (χ1) is 8.24. The van der Waals surface area contributed by atoms with Crippen molar-refractivity contribution in [1.82, 2.24) is 4.57 Å². The highest BCUT2D eigenvalue weighted by Gasteiger charge is 2.25. The molecule has 1 aliphatic carbocycles. The molecule has 88 valence electrons. The highest BCUT2D eigenvalue weighted by molar-refractivity contribution is 5.90. The van der Waals surface area contributed by atoms with Gasteiger partial charge in [0, 0.05) is 18.0 Å². The summed E-state index contributed by atoms with van der Waals surface area (Å²) in [4.78, 5) is 4.97. The molecule has 4 N–H and O–H groups in total. The number of para-hydroxylation sites is 1. The van der Waals surface area contributed by atoms with Gasteiger partial charge in [-0.3, -0.25) is 0 Å². The third-order valence-electron chi connectivity index (χ3n) is 3.48. The topological polar surface area (TPSA) is 66.2 Å². The Morgan fingerprint density at radius 1 is 1.24 bits per heavy atom. The molecule has 0 bridgehead atoms. The van der Waals surface area contributed by atoms with E-state index in [0.29, 0.717) is 5.76 Å². The largest absolute Gasteiger partial charge is 0.407 e. The van der Waals surface area contributed by atoms with Crippen molar-refractivity contribution in [3.8, 4) is 0 Å². The summed E-state index contributed by atoms with van der Waals surface area (Å²) in [5.41, 5.74) is 10.2. The molecular formula is C13H15N3O. The maximum Gasteiger partial charge on any atom is 0.189 e. The molecule has 0 fully saturated rings. The van der Waals surface area contributed by atoms with Crippen LogP contribution in [0.3, 0.4) is 0 Å². The fourth-order valence-electron chi connectivity index (χ4n) is 2.67. The van der Waals surface area contributed by atoms with Crippen molar-refractivity contribution >= 4 is 16.7 Å². The van der Waals surface area contributed by atoms with Crippen molar-refractivity contribution < 1.29 is 4.84 Å². The first kappa shape index (κ1) is 10.2. The van der Waals surface area contributed by atoms with E-state index in [2.05, 4.69) is 16.7 Å². The first-order valence-electron chi connectivity index (χ1n) is 5.66. The van der Waals surface area contributed by atoms with E-state index in [9.17, 15) is 0 Å². The highest BCUT2D eigenvalue weighted by Crippen LogP contribution is 2.35. The third kappa shape index (κ3) is 1.27. The van der Waals surface area contributed by atoms with Crippen molar-refractivity contribution in [3.63, 3.8) is 0 Å². The van der Waals surface area contributed by atoms with E-state index in [1.54, 1.807) is 0 Å². The van der Waals surface area contributed by atoms with Gasteiger partial charge in [-0.2, -0.15) is 5.90 Å². The summed E-state index contributed by atoms with van der Waals surface area (Å²) in [5.74, 6) is 5.96. The van der Waals surface area contributed by atoms with Crippen LogP contribution in [0.2, 0.25) is 0 Å². The van der Waals surface area contributed by atoms with Crippen LogP contribution in [0.25, 0.3) is 16.7 Å². The Morgan fingerprint density at radius 3 is 2.76 bits per heavy atom. The van der Waals surface area contributed by atoms with Gasteiger partial charge in [0.2, 0.25) is 0 Å². The van der Waals surface area contributed by atoms with E-state index in [1.807, 2.05) is 19.2 Å². The summed E-state index contributed by atoms with van der Waals surface area (Å²) in [7, 11) is 2.01. The van der Waals surface area contributed by atoms with Gasteiger partial charge in [-0.25, -0.2) is 0 Å². The van der Waals surface area contributed by atoms with Gasteiger partial charge in [-0.1, -0.05) is 18.2 Å². The number of hydrogen-bond donors (Lipinski definition) is 2. The molecular weight excluding hydrogens is 214 g/mol. The molecule has 4 nitrogen and oxygen atoms in total. The lowest BCUT2D eigenvalue weighted by Crippen LogP contribution is -2.16. The van der Waals surface area contributed by atoms with Crippen LogP contribution in [-0.2, 0) is 18.3 Å². The summed E-state index contributed by atoms with van der Waals surface area (Å²) in [5, 5.41) is 1.26. The average Bonchev–Trinajstić information content (AvgIpc) is 2.64. The predicted octanol–water partition coefficient (Wildman–Crippen LogP) is 1.64. The molecule has 1 heterocycles. The lowest BCUT2D eigenvalue weighted by atomic mass is 9.97. The third-order valence-corrected chi connectivity index (χ3v) is 3.48. The molecule has 0 spiro atoms. The molecule has 0 unspecified atom stereocenters. The molecule has 0 atom stereocenters. The Kier molecular flexibility index (Phi) is 2.12. The van der Waals surface area contributed by atoms with Crippen LogP contribution in [0.15, 0.2) is 30.0 Å². The van der Waals surface area contributed by atoms with Crippen molar-refractivity contribution in [3.05, 3.63) is 41.2 Å². The molecule has 0 radical (unpaired) electrons. The molecule has 0 aliphatic heterocycles. The molecule has 4 heteroatoms. The monoisotopic (exact) mass is 229 g/mol. The van der Waals surface area contributed by atoms with Crippen LogP contribution in [-0.4, -0.2) is 4.57 Å². The molecule has 0 amide bonds. The average molecular weight is 229 g/mol. The molecule has 0 saturated heterocycles. The minimum atomic E-state index is 0.616. The van der Waals surface area contributed by atoms with E-state index in [1.165, 1.54) is 16.5 Å². The van der Waals surface area contributed by atoms with E-state index in [-0.39, 0.29) is 0 Å². The first-order valence-corrected chi connectivity index (χ1v) is 5.66. The van der Waals surface area contributed by atoms with Gasteiger partial charge in [0.25, 0.3) is 0 Å². The number of rotatable bonds is 1. The quantitative estimate of drug-likeness (QED) is 0.730. The summed E-state index contributed by atoms with van der Waals surface area (Å²) in [6.07, 6.45) is 1.74. The van der Waals surface area contributed by atoms with Gasteiger partial charge in [0.15, 0.2) is 5.76 Å². The second kappa shape index (κ2) is 3.53. The number of allylic oxidation sites excluding steroid dienone is 1. The summed E-state index contributed by atoms with van der Waals surface area (Å²) < 4.78 is 2.10. The second-order valence-electron chi connectivity index (χ2n) is 4.38. The molecule has 1 aromatic heterocycles. The molecule has 2 aromatic rings. The Labute approximate surface area is 99.4 Å². The van der Waals surface area contributed by atoms with Crippen LogP contribution >= 0.6 is 0 Å². The molecule has 0 saturated carbocycles. The van der Waals surface area contributed by atoms with Crippen molar-refractivity contribution in [1.29, 1.82) is 0 Å². The minimum absolute atomic E-state index is 0.616. The Hall–Kier alpha value is -1.94. The zero-order valence-corrected chi connectivity index (χ0v) is 9.73. The molecule has 17 heavy (non-hydrogen) atoms. The predicted molar refractivity (Wildman–Crippen MR) is 67.6 cm³/mol. The van der Waals surface area contributed by atoms with Crippen LogP contribution in [0.5, 0.6) is 0 Å². The number of fused-ring (bicyclic) bond motifs is 3. The van der Waals surface area contributed by atoms with Gasteiger partial charge >= 0.3 is 0 Å². The lowest BCUT2D eigenvalue weighted by Gasteiger charge is -2.17. The van der Waals surface area contributed by atoms with E-state index in [0.717, 1.165) is 24.2 Å². The standard InChI is InChI=1S/C13H15N3O/c1-16-11-5-3-2-4-8(11)9-6-7-10(14)13(17-15)12(9)16/h2-5H,6-7,14-15H2,1H3. The van der Waals surface area contributed by atoms with Crippen molar-refractivity contribution in [2.24, 2.45) is 18.7 Å². The number of aryl methyl sites for hydroxylation is 2. The van der Waals surface area contributed by atoms with Gasteiger partial charge in [-0.15, -0.1) is 0 Å². The summed E-state index contributed by atoms with van der Waals surface area (Å²) >= 11 is 0. The highest BCUT2D eigenvalue weighted by atomic mass is 16.6. The minimum Gasteiger partial charge on any atom is -0.407 e. The fraction of sp³-hybridized carbons (Fsp3) is 0.231. The molecule has 1 aliphatic rings. The van der Waals surface area contributed by atoms with Gasteiger partial charge < -0.3 is 15.1 Å². The summed E-state index contributed by atoms with van der Waals surface area (Å²) in [6, 6.07) is 8.30. The van der Waals surface area contributed by atoms with Gasteiger partial charge in [0.05, 0.1) is 11.4 Å². The maximum atomic E-state index is 5.96. The Morgan fingerprint density at radius 2 is 2.00 bits per heavy atom. The summed E-state index contributed by atoms with van der Waals surface area (Å²) in [6.45, 7) is 0. The zero-order chi connectivity index (χ0) is 12.0. The molecule has 3 rings (SSSR count). The van der Waals surface area contributed by atoms with Crippen molar-refractivity contribution in [2.75, 3.05) is 0 Å². The SMILES string of the molecule is Cn1c2c(c3ccccc31)CCC(N)=C2ON. The fourth-order valence-corrected chi connectivity index (χ4v) is 2.67. The number of nitrogens with zero attached hydrogens (tertiary/aromatic N) is 1. The zero-order valence-electron chi connectivity index (χ0n) is 9.73. The Bertz CT molecular complexity index is 625. The van der Waals surface area contributed by atoms with E-state index in [4.69, 9.17) is 16.5 Å². The van der Waals surface area contributed by atoms with Gasteiger partial charge in [-0.05, 0) is 24.5 Å². The number of aromatic nitrogens is 1. The smallest absolute Gasteiger partial charge is 0.189 e. The Balaban J connectivity index is 2.41. The van der Waals surface area contributed by atoms with Crippen molar-refractivity contribution in [2.45, 2.75) is 12.8 Å². The van der Waals surface area contributed by atoms with Crippen LogP contribution in [0.1, 0.15) is 17.7 Å². The normalized spacial score (nSPS) is 15.2. The van der Waals surface area contributed by atoms with Crippen LogP contribution in [0, 0.1) is 0 Å². The number of benzene rings is 1. The molecule has 1 aromatic carbocycles. The number of nitrogens with two attached hydrogens (primary N) is 2. The number of hydrogen-bond acceptors (Lipinski definition) is 3. The maximum absolute atomic E-state index is 5.96. The van der Waals surface area contributed by atoms with Crippen LogP contribution < -0.4 is 11.6 Å². The van der Waals surface area contributed by atoms with E-state index >= 15 is 0 Å². The lowest BCUT2D eigenvalue weighted by molar-refractivity contribution is 0.282. The van der Waals surface area contributed by atoms with Gasteiger partial charge in [0.1, 0.15) is 0 Å². The van der Waals surface area contributed by atoms with E-state index < -0.39 is 0 Å².